The molecule has 3 saturated carbocycles. The third-order valence-electron chi connectivity index (χ3n) is 2.50. The zero-order valence-corrected chi connectivity index (χ0v) is 6.37. The van der Waals surface area contributed by atoms with Crippen LogP contribution in [0.4, 0.5) is 0 Å². The largest absolute Gasteiger partial charge is 0.238 e. The molecule has 0 saturated heterocycles. The molecule has 0 aromatic carbocycles. The lowest BCUT2D eigenvalue weighted by Crippen LogP contribution is -2.61. The smallest absolute Gasteiger partial charge is 0.212 e. The van der Waals surface area contributed by atoms with E-state index in [1.165, 1.54) is 0 Å². The predicted molar refractivity (Wildman–Crippen MR) is 34.8 cm³/mol. The van der Waals surface area contributed by atoms with Crippen LogP contribution in [0.1, 0.15) is 19.3 Å². The van der Waals surface area contributed by atoms with Crippen molar-refractivity contribution in [3.05, 3.63) is 0 Å². The monoisotopic (exact) mass is 166 g/mol. The third-order valence-corrected chi connectivity index (χ3v) is 5.02. The van der Waals surface area contributed by atoms with E-state index in [9.17, 15) is 8.42 Å². The Kier molecular flexibility index (Phi) is 0.863. The molecule has 0 heterocycles. The highest BCUT2D eigenvalue weighted by molar-refractivity contribution is 8.15. The molecule has 9 heavy (non-hydrogen) atoms. The maximum atomic E-state index is 10.7. The van der Waals surface area contributed by atoms with Crippen molar-refractivity contribution in [3.63, 3.8) is 0 Å². The fourth-order valence-electron chi connectivity index (χ4n) is 1.70. The van der Waals surface area contributed by atoms with Gasteiger partial charge in [-0.2, -0.15) is 0 Å². The van der Waals surface area contributed by atoms with Crippen molar-refractivity contribution >= 4 is 19.7 Å². The maximum absolute atomic E-state index is 10.7. The maximum Gasteiger partial charge on any atom is 0.238 e. The molecule has 3 aliphatic carbocycles. The zero-order valence-electron chi connectivity index (χ0n) is 4.80. The Hall–Kier alpha value is 0.240. The highest BCUT2D eigenvalue weighted by atomic mass is 35.7. The Balaban J connectivity index is 2.33. The summed E-state index contributed by atoms with van der Waals surface area (Å²) in [5, 5.41) is 0. The highest BCUT2D eigenvalue weighted by Crippen LogP contribution is 2.62. The van der Waals surface area contributed by atoms with Crippen LogP contribution in [0.15, 0.2) is 0 Å². The van der Waals surface area contributed by atoms with E-state index in [0.717, 1.165) is 19.3 Å². The van der Waals surface area contributed by atoms with E-state index in [-0.39, 0.29) is 0 Å². The molecule has 52 valence electrons. The number of halogens is 1. The Morgan fingerprint density at radius 3 is 1.78 bits per heavy atom. The topological polar surface area (TPSA) is 34.1 Å². The van der Waals surface area contributed by atoms with Gasteiger partial charge in [-0.3, -0.25) is 0 Å². The summed E-state index contributed by atoms with van der Waals surface area (Å²) in [5.74, 6) is 0.679. The first kappa shape index (κ1) is 5.98. The minimum Gasteiger partial charge on any atom is -0.212 e. The van der Waals surface area contributed by atoms with E-state index >= 15 is 0 Å². The summed E-state index contributed by atoms with van der Waals surface area (Å²) in [6.45, 7) is 0. The van der Waals surface area contributed by atoms with Crippen molar-refractivity contribution < 1.29 is 8.42 Å². The average Bonchev–Trinajstić information content (AvgIpc) is 1.08. The predicted octanol–water partition coefficient (Wildman–Crippen LogP) is 1.11. The fraction of sp³-hybridized carbons (Fsp3) is 1.00. The van der Waals surface area contributed by atoms with Gasteiger partial charge >= 0.3 is 0 Å². The van der Waals surface area contributed by atoms with Crippen LogP contribution in [-0.2, 0) is 9.05 Å². The average molecular weight is 167 g/mol. The number of hydrogen-bond acceptors (Lipinski definition) is 2. The summed E-state index contributed by atoms with van der Waals surface area (Å²) in [7, 11) is 1.96. The van der Waals surface area contributed by atoms with Crippen LogP contribution in [0.2, 0.25) is 0 Å². The van der Waals surface area contributed by atoms with Crippen LogP contribution in [0.3, 0.4) is 0 Å². The lowest BCUT2D eigenvalue weighted by atomic mass is 9.55. The van der Waals surface area contributed by atoms with Gasteiger partial charge in [-0.1, -0.05) is 0 Å². The standard InChI is InChI=1S/C5H7ClO2S/c6-9(7,8)5-1-4(2-5)3-5/h4H,1-3H2. The minimum absolute atomic E-state index is 0.459. The zero-order chi connectivity index (χ0) is 6.70. The molecule has 4 heteroatoms. The first-order chi connectivity index (χ1) is 4.04. The SMILES string of the molecule is O=S(=O)(Cl)C12CC(C1)C2. The summed E-state index contributed by atoms with van der Waals surface area (Å²) in [4.78, 5) is 0. The van der Waals surface area contributed by atoms with Crippen molar-refractivity contribution in [3.8, 4) is 0 Å². The number of hydrogen-bond donors (Lipinski definition) is 0. The molecular weight excluding hydrogens is 160 g/mol. The summed E-state index contributed by atoms with van der Waals surface area (Å²) in [6.07, 6.45) is 2.45. The highest BCUT2D eigenvalue weighted by Gasteiger charge is 2.64. The molecule has 3 rings (SSSR count). The van der Waals surface area contributed by atoms with Crippen molar-refractivity contribution in [1.82, 2.24) is 0 Å². The van der Waals surface area contributed by atoms with E-state index in [2.05, 4.69) is 0 Å². The molecular formula is C5H7ClO2S. The number of rotatable bonds is 1. The van der Waals surface area contributed by atoms with Gasteiger partial charge in [0.1, 0.15) is 0 Å². The summed E-state index contributed by atoms with van der Waals surface area (Å²) < 4.78 is 21.0. The molecule has 0 aromatic heterocycles. The van der Waals surface area contributed by atoms with Crippen LogP contribution in [0, 0.1) is 5.92 Å². The molecule has 0 amide bonds. The Bertz CT molecular complexity index is 227. The lowest BCUT2D eigenvalue weighted by molar-refractivity contribution is 0.0504. The van der Waals surface area contributed by atoms with Crippen LogP contribution in [0.25, 0.3) is 0 Å². The molecule has 0 aliphatic heterocycles. The second kappa shape index (κ2) is 1.30. The van der Waals surface area contributed by atoms with Gasteiger partial charge in [0.2, 0.25) is 9.05 Å². The van der Waals surface area contributed by atoms with Crippen LogP contribution >= 0.6 is 10.7 Å². The van der Waals surface area contributed by atoms with E-state index < -0.39 is 13.8 Å². The van der Waals surface area contributed by atoms with Gasteiger partial charge < -0.3 is 0 Å². The fourth-order valence-corrected chi connectivity index (χ4v) is 3.57. The molecule has 0 atom stereocenters. The summed E-state index contributed by atoms with van der Waals surface area (Å²) >= 11 is 0. The normalized spacial score (nSPS) is 47.4. The van der Waals surface area contributed by atoms with E-state index in [0.29, 0.717) is 5.92 Å². The van der Waals surface area contributed by atoms with E-state index in [1.54, 1.807) is 0 Å². The molecule has 3 fully saturated rings. The first-order valence-electron chi connectivity index (χ1n) is 2.98. The quantitative estimate of drug-likeness (QED) is 0.547. The Morgan fingerprint density at radius 2 is 1.78 bits per heavy atom. The van der Waals surface area contributed by atoms with Gasteiger partial charge in [0.25, 0.3) is 0 Å². The van der Waals surface area contributed by atoms with Gasteiger partial charge in [-0.05, 0) is 25.2 Å². The van der Waals surface area contributed by atoms with Crippen molar-refractivity contribution in [1.29, 1.82) is 0 Å². The van der Waals surface area contributed by atoms with Crippen molar-refractivity contribution in [2.45, 2.75) is 24.0 Å². The van der Waals surface area contributed by atoms with Gasteiger partial charge in [0.15, 0.2) is 0 Å². The molecule has 0 N–H and O–H groups in total. The summed E-state index contributed by atoms with van der Waals surface area (Å²) in [6, 6.07) is 0. The summed E-state index contributed by atoms with van der Waals surface area (Å²) in [5.41, 5.74) is 0. The van der Waals surface area contributed by atoms with Gasteiger partial charge in [-0.25, -0.2) is 8.42 Å². The van der Waals surface area contributed by atoms with Gasteiger partial charge in [-0.15, -0.1) is 0 Å². The van der Waals surface area contributed by atoms with Crippen LogP contribution in [-0.4, -0.2) is 13.2 Å². The van der Waals surface area contributed by atoms with Crippen molar-refractivity contribution in [2.24, 2.45) is 5.92 Å². The van der Waals surface area contributed by atoms with Gasteiger partial charge in [0, 0.05) is 10.7 Å². The lowest BCUT2D eigenvalue weighted by Gasteiger charge is -2.58. The first-order valence-corrected chi connectivity index (χ1v) is 5.29. The van der Waals surface area contributed by atoms with Crippen molar-refractivity contribution in [2.75, 3.05) is 0 Å². The molecule has 0 radical (unpaired) electrons. The Labute approximate surface area is 58.6 Å². The second-order valence-corrected chi connectivity index (χ2v) is 6.06. The molecule has 0 aromatic rings. The van der Waals surface area contributed by atoms with E-state index in [4.69, 9.17) is 10.7 Å². The molecule has 2 bridgehead atoms. The van der Waals surface area contributed by atoms with Gasteiger partial charge in [0.05, 0.1) is 4.75 Å². The molecule has 0 spiro atoms. The second-order valence-electron chi connectivity index (χ2n) is 3.10. The van der Waals surface area contributed by atoms with Crippen LogP contribution in [0.5, 0.6) is 0 Å². The molecule has 3 aliphatic rings. The molecule has 0 unspecified atom stereocenters. The van der Waals surface area contributed by atoms with E-state index in [1.807, 2.05) is 0 Å². The molecule has 2 nitrogen and oxygen atoms in total. The Morgan fingerprint density at radius 1 is 1.33 bits per heavy atom. The third kappa shape index (κ3) is 0.546. The van der Waals surface area contributed by atoms with Crippen LogP contribution < -0.4 is 0 Å². The minimum atomic E-state index is -3.23.